The Balaban J connectivity index is 1.68. The van der Waals surface area contributed by atoms with Crippen LogP contribution in [-0.4, -0.2) is 30.6 Å². The number of hydrogen-bond donors (Lipinski definition) is 1. The van der Waals surface area contributed by atoms with Crippen molar-refractivity contribution >= 4 is 5.97 Å². The number of carboxylic acid groups (broad SMARTS) is 1. The Kier molecular flexibility index (Phi) is 3.78. The molecule has 0 bridgehead atoms. The minimum absolute atomic E-state index is 0.0620. The lowest BCUT2D eigenvalue weighted by atomic mass is 10.2. The van der Waals surface area contributed by atoms with E-state index in [0.29, 0.717) is 18.3 Å². The third-order valence-electron chi connectivity index (χ3n) is 2.90. The third-order valence-corrected chi connectivity index (χ3v) is 2.90. The van der Waals surface area contributed by atoms with Gasteiger partial charge in [-0.1, -0.05) is 30.3 Å². The van der Waals surface area contributed by atoms with Crippen LogP contribution in [0.3, 0.4) is 0 Å². The van der Waals surface area contributed by atoms with Crippen LogP contribution in [-0.2, 0) is 6.61 Å². The van der Waals surface area contributed by atoms with Crippen LogP contribution >= 0.6 is 0 Å². The number of carboxylic acids is 1. The van der Waals surface area contributed by atoms with E-state index in [1.165, 1.54) is 29.5 Å². The van der Waals surface area contributed by atoms with Crippen molar-refractivity contribution in [2.45, 2.75) is 6.61 Å². The molecule has 0 aliphatic heterocycles. The quantitative estimate of drug-likeness (QED) is 0.773. The van der Waals surface area contributed by atoms with Gasteiger partial charge in [0.25, 0.3) is 0 Å². The predicted molar refractivity (Wildman–Crippen MR) is 76.9 cm³/mol. The number of imidazole rings is 1. The maximum Gasteiger partial charge on any atom is 0.356 e. The zero-order valence-corrected chi connectivity index (χ0v) is 11.5. The Hall–Kier alpha value is -3.22. The summed E-state index contributed by atoms with van der Waals surface area (Å²) in [6.07, 6.45) is 5.77. The Morgan fingerprint density at radius 1 is 1.14 bits per heavy atom. The molecule has 0 amide bonds. The molecule has 110 valence electrons. The van der Waals surface area contributed by atoms with Gasteiger partial charge in [0, 0.05) is 6.20 Å². The van der Waals surface area contributed by atoms with Gasteiger partial charge >= 0.3 is 5.97 Å². The largest absolute Gasteiger partial charge is 0.486 e. The van der Waals surface area contributed by atoms with Crippen LogP contribution in [0.15, 0.2) is 55.2 Å². The normalized spacial score (nSPS) is 10.4. The summed E-state index contributed by atoms with van der Waals surface area (Å²) in [7, 11) is 0. The maximum atomic E-state index is 10.8. The average molecular weight is 296 g/mol. The van der Waals surface area contributed by atoms with E-state index < -0.39 is 5.97 Å². The number of ether oxygens (including phenoxy) is 1. The van der Waals surface area contributed by atoms with Crippen LogP contribution in [0.2, 0.25) is 0 Å². The number of rotatable bonds is 5. The molecule has 7 heteroatoms. The molecule has 2 aromatic heterocycles. The molecule has 0 spiro atoms. The van der Waals surface area contributed by atoms with Gasteiger partial charge in [-0.15, -0.1) is 0 Å². The lowest BCUT2D eigenvalue weighted by Crippen LogP contribution is -2.01. The highest BCUT2D eigenvalue weighted by atomic mass is 16.5. The van der Waals surface area contributed by atoms with Crippen LogP contribution in [0.25, 0.3) is 5.95 Å². The number of hydrogen-bond acceptors (Lipinski definition) is 5. The molecular weight excluding hydrogens is 284 g/mol. The summed E-state index contributed by atoms with van der Waals surface area (Å²) in [4.78, 5) is 22.8. The third kappa shape index (κ3) is 3.09. The average Bonchev–Trinajstić information content (AvgIpc) is 3.05. The first kappa shape index (κ1) is 13.7. The summed E-state index contributed by atoms with van der Waals surface area (Å²) in [5.74, 6) is -0.236. The van der Waals surface area contributed by atoms with Crippen molar-refractivity contribution < 1.29 is 14.6 Å². The van der Waals surface area contributed by atoms with Crippen molar-refractivity contribution in [1.82, 2.24) is 19.5 Å². The highest BCUT2D eigenvalue weighted by molar-refractivity contribution is 5.85. The molecule has 0 fully saturated rings. The molecule has 1 N–H and O–H groups in total. The fourth-order valence-corrected chi connectivity index (χ4v) is 1.80. The standard InChI is InChI=1S/C15H12N4O3/c20-14(21)13-8-19(10-18-13)15-16-6-12(7-17-15)22-9-11-4-2-1-3-5-11/h1-8,10H,9H2,(H,20,21). The lowest BCUT2D eigenvalue weighted by Gasteiger charge is -2.06. The maximum absolute atomic E-state index is 10.8. The van der Waals surface area contributed by atoms with Gasteiger partial charge in [-0.3, -0.25) is 4.57 Å². The summed E-state index contributed by atoms with van der Waals surface area (Å²) in [6, 6.07) is 9.76. The van der Waals surface area contributed by atoms with E-state index in [1.807, 2.05) is 30.3 Å². The second-order valence-corrected chi connectivity index (χ2v) is 4.46. The van der Waals surface area contributed by atoms with E-state index in [1.54, 1.807) is 0 Å². The first-order valence-electron chi connectivity index (χ1n) is 6.49. The van der Waals surface area contributed by atoms with Gasteiger partial charge in [0.2, 0.25) is 5.95 Å². The van der Waals surface area contributed by atoms with Crippen molar-refractivity contribution in [2.75, 3.05) is 0 Å². The van der Waals surface area contributed by atoms with E-state index in [4.69, 9.17) is 9.84 Å². The Morgan fingerprint density at radius 3 is 2.50 bits per heavy atom. The molecule has 0 atom stereocenters. The van der Waals surface area contributed by atoms with Crippen LogP contribution in [0, 0.1) is 0 Å². The second kappa shape index (κ2) is 6.04. The molecule has 1 aromatic carbocycles. The molecule has 2 heterocycles. The summed E-state index contributed by atoms with van der Waals surface area (Å²) in [6.45, 7) is 0.428. The van der Waals surface area contributed by atoms with Crippen molar-refractivity contribution in [1.29, 1.82) is 0 Å². The van der Waals surface area contributed by atoms with E-state index in [2.05, 4.69) is 15.0 Å². The first-order valence-corrected chi connectivity index (χ1v) is 6.49. The van der Waals surface area contributed by atoms with Gasteiger partial charge in [0.15, 0.2) is 11.4 Å². The monoisotopic (exact) mass is 296 g/mol. The molecule has 22 heavy (non-hydrogen) atoms. The number of aromatic nitrogens is 4. The van der Waals surface area contributed by atoms with Crippen LogP contribution < -0.4 is 4.74 Å². The van der Waals surface area contributed by atoms with Crippen molar-refractivity contribution in [3.8, 4) is 11.7 Å². The number of benzene rings is 1. The summed E-state index contributed by atoms with van der Waals surface area (Å²) in [5.41, 5.74) is 0.986. The number of aromatic carboxylic acids is 1. The molecular formula is C15H12N4O3. The topological polar surface area (TPSA) is 90.1 Å². The van der Waals surface area contributed by atoms with Crippen LogP contribution in [0.5, 0.6) is 5.75 Å². The molecule has 0 aliphatic rings. The smallest absolute Gasteiger partial charge is 0.356 e. The van der Waals surface area contributed by atoms with Gasteiger partial charge in [0.1, 0.15) is 12.9 Å². The summed E-state index contributed by atoms with van der Waals surface area (Å²) < 4.78 is 7.02. The molecule has 0 aliphatic carbocycles. The van der Waals surface area contributed by atoms with E-state index >= 15 is 0 Å². The Labute approximate surface area is 125 Å². The van der Waals surface area contributed by atoms with Gasteiger partial charge in [0.05, 0.1) is 12.4 Å². The molecule has 3 rings (SSSR count). The molecule has 0 radical (unpaired) electrons. The summed E-state index contributed by atoms with van der Waals surface area (Å²) >= 11 is 0. The summed E-state index contributed by atoms with van der Waals surface area (Å²) in [5, 5.41) is 8.83. The van der Waals surface area contributed by atoms with E-state index in [0.717, 1.165) is 5.56 Å². The van der Waals surface area contributed by atoms with Gasteiger partial charge in [-0.2, -0.15) is 0 Å². The fourth-order valence-electron chi connectivity index (χ4n) is 1.80. The van der Waals surface area contributed by atoms with E-state index in [-0.39, 0.29) is 5.69 Å². The lowest BCUT2D eigenvalue weighted by molar-refractivity contribution is 0.0691. The highest BCUT2D eigenvalue weighted by Gasteiger charge is 2.09. The minimum atomic E-state index is -1.10. The predicted octanol–water partition coefficient (Wildman–Crippen LogP) is 1.94. The zero-order valence-electron chi connectivity index (χ0n) is 11.5. The highest BCUT2D eigenvalue weighted by Crippen LogP contribution is 2.11. The molecule has 0 saturated carbocycles. The van der Waals surface area contributed by atoms with Gasteiger partial charge in [-0.25, -0.2) is 19.7 Å². The molecule has 7 nitrogen and oxygen atoms in total. The molecule has 0 saturated heterocycles. The second-order valence-electron chi connectivity index (χ2n) is 4.46. The van der Waals surface area contributed by atoms with Gasteiger partial charge in [-0.05, 0) is 5.56 Å². The Bertz CT molecular complexity index is 769. The van der Waals surface area contributed by atoms with Crippen LogP contribution in [0.4, 0.5) is 0 Å². The van der Waals surface area contributed by atoms with Crippen molar-refractivity contribution in [2.24, 2.45) is 0 Å². The van der Waals surface area contributed by atoms with Gasteiger partial charge < -0.3 is 9.84 Å². The number of carbonyl (C=O) groups is 1. The van der Waals surface area contributed by atoms with Crippen LogP contribution in [0.1, 0.15) is 16.1 Å². The van der Waals surface area contributed by atoms with Crippen molar-refractivity contribution in [3.63, 3.8) is 0 Å². The molecule has 0 unspecified atom stereocenters. The SMILES string of the molecule is O=C(O)c1cn(-c2ncc(OCc3ccccc3)cn2)cn1. The fraction of sp³-hybridized carbons (Fsp3) is 0.0667. The first-order chi connectivity index (χ1) is 10.7. The zero-order chi connectivity index (χ0) is 15.4. The molecule has 3 aromatic rings. The Morgan fingerprint density at radius 2 is 1.86 bits per heavy atom. The number of nitrogens with zero attached hydrogens (tertiary/aromatic N) is 4. The minimum Gasteiger partial charge on any atom is -0.486 e. The van der Waals surface area contributed by atoms with Crippen molar-refractivity contribution in [3.05, 3.63) is 66.5 Å². The van der Waals surface area contributed by atoms with E-state index in [9.17, 15) is 4.79 Å².